The Morgan fingerprint density at radius 2 is 2.00 bits per heavy atom. The van der Waals surface area contributed by atoms with Gasteiger partial charge in [0.1, 0.15) is 18.5 Å². The summed E-state index contributed by atoms with van der Waals surface area (Å²) < 4.78 is 5.59. The average molecular weight is 293 g/mol. The van der Waals surface area contributed by atoms with Crippen LogP contribution in [0.1, 0.15) is 24.8 Å². The minimum absolute atomic E-state index is 0.173. The number of hydrogen-bond acceptors (Lipinski definition) is 4. The molecule has 1 aliphatic rings. The minimum atomic E-state index is -0.519. The fourth-order valence-electron chi connectivity index (χ4n) is 2.94. The maximum absolute atomic E-state index is 10.0. The molecule has 0 heterocycles. The molecule has 4 nitrogen and oxygen atoms in total. The summed E-state index contributed by atoms with van der Waals surface area (Å²) in [6.07, 6.45) is 2.42. The van der Waals surface area contributed by atoms with Crippen LogP contribution in [0.5, 0.6) is 5.75 Å². The number of nitrogens with zero attached hydrogens (tertiary/aromatic N) is 1. The normalized spacial score (nSPS) is 23.5. The molecule has 0 saturated heterocycles. The van der Waals surface area contributed by atoms with Crippen LogP contribution in [0.2, 0.25) is 0 Å². The molecule has 1 aliphatic carbocycles. The highest BCUT2D eigenvalue weighted by molar-refractivity contribution is 5.26. The average Bonchev–Trinajstić information content (AvgIpc) is 2.83. The van der Waals surface area contributed by atoms with E-state index in [2.05, 4.69) is 4.90 Å². The lowest BCUT2D eigenvalue weighted by atomic mass is 10.1. The molecular formula is C17H27NO3. The van der Waals surface area contributed by atoms with E-state index in [-0.39, 0.29) is 6.10 Å². The van der Waals surface area contributed by atoms with Gasteiger partial charge in [0.05, 0.1) is 6.10 Å². The number of benzene rings is 1. The van der Waals surface area contributed by atoms with Crippen LogP contribution in [0.15, 0.2) is 24.3 Å². The Kier molecular flexibility index (Phi) is 6.03. The topological polar surface area (TPSA) is 52.9 Å². The van der Waals surface area contributed by atoms with Crippen molar-refractivity contribution in [3.8, 4) is 5.75 Å². The van der Waals surface area contributed by atoms with E-state index in [4.69, 9.17) is 4.74 Å². The Hall–Kier alpha value is -1.10. The molecule has 1 aromatic rings. The van der Waals surface area contributed by atoms with Crippen molar-refractivity contribution in [2.24, 2.45) is 5.92 Å². The molecule has 0 spiro atoms. The fourth-order valence-corrected chi connectivity index (χ4v) is 2.94. The summed E-state index contributed by atoms with van der Waals surface area (Å²) >= 11 is 0. The SMILES string of the molecule is Cc1ccc(OCC(O)CN(C)CC2CCCC2O)cc1. The molecule has 0 bridgehead atoms. The third-order valence-electron chi connectivity index (χ3n) is 4.15. The molecule has 3 unspecified atom stereocenters. The number of aryl methyl sites for hydroxylation is 1. The van der Waals surface area contributed by atoms with E-state index in [1.165, 1.54) is 5.56 Å². The predicted octanol–water partition coefficient (Wildman–Crippen LogP) is 1.83. The summed E-state index contributed by atoms with van der Waals surface area (Å²) in [4.78, 5) is 2.09. The summed E-state index contributed by atoms with van der Waals surface area (Å²) in [5.74, 6) is 1.13. The first-order valence-corrected chi connectivity index (χ1v) is 7.78. The molecule has 1 saturated carbocycles. The minimum Gasteiger partial charge on any atom is -0.491 e. The Balaban J connectivity index is 1.68. The molecule has 118 valence electrons. The molecule has 21 heavy (non-hydrogen) atoms. The van der Waals surface area contributed by atoms with Crippen LogP contribution in [-0.4, -0.2) is 54.1 Å². The van der Waals surface area contributed by atoms with Crippen molar-refractivity contribution < 1.29 is 14.9 Å². The van der Waals surface area contributed by atoms with E-state index in [0.29, 0.717) is 19.1 Å². The van der Waals surface area contributed by atoms with E-state index in [1.54, 1.807) is 0 Å². The maximum Gasteiger partial charge on any atom is 0.119 e. The largest absolute Gasteiger partial charge is 0.491 e. The first-order valence-electron chi connectivity index (χ1n) is 7.78. The molecule has 2 N–H and O–H groups in total. The Morgan fingerprint density at radius 3 is 2.62 bits per heavy atom. The van der Waals surface area contributed by atoms with Crippen molar-refractivity contribution in [2.75, 3.05) is 26.7 Å². The molecule has 1 aromatic carbocycles. The monoisotopic (exact) mass is 293 g/mol. The Labute approximate surface area is 127 Å². The molecule has 1 fully saturated rings. The zero-order valence-electron chi connectivity index (χ0n) is 13.0. The predicted molar refractivity (Wildman–Crippen MR) is 83.5 cm³/mol. The van der Waals surface area contributed by atoms with E-state index < -0.39 is 6.10 Å². The summed E-state index contributed by atoms with van der Waals surface area (Å²) in [6.45, 7) is 3.73. The van der Waals surface area contributed by atoms with E-state index in [0.717, 1.165) is 31.6 Å². The van der Waals surface area contributed by atoms with Crippen molar-refractivity contribution >= 4 is 0 Å². The van der Waals surface area contributed by atoms with Gasteiger partial charge in [-0.05, 0) is 44.9 Å². The van der Waals surface area contributed by atoms with Crippen molar-refractivity contribution in [1.82, 2.24) is 4.90 Å². The van der Waals surface area contributed by atoms with Gasteiger partial charge >= 0.3 is 0 Å². The van der Waals surface area contributed by atoms with Crippen molar-refractivity contribution in [3.05, 3.63) is 29.8 Å². The zero-order chi connectivity index (χ0) is 15.2. The van der Waals surface area contributed by atoms with E-state index in [9.17, 15) is 10.2 Å². The van der Waals surface area contributed by atoms with Gasteiger partial charge in [-0.2, -0.15) is 0 Å². The van der Waals surface area contributed by atoms with E-state index in [1.807, 2.05) is 38.2 Å². The van der Waals surface area contributed by atoms with Crippen molar-refractivity contribution in [3.63, 3.8) is 0 Å². The lowest BCUT2D eigenvalue weighted by molar-refractivity contribution is 0.0578. The molecule has 0 amide bonds. The van der Waals surface area contributed by atoms with Gasteiger partial charge in [-0.25, -0.2) is 0 Å². The summed E-state index contributed by atoms with van der Waals surface area (Å²) in [6, 6.07) is 7.83. The standard InChI is InChI=1S/C17H27NO3/c1-13-6-8-16(9-7-13)21-12-15(19)11-18(2)10-14-4-3-5-17(14)20/h6-9,14-15,17,19-20H,3-5,10-12H2,1-2H3. The number of hydrogen-bond donors (Lipinski definition) is 2. The van der Waals surface area contributed by atoms with Crippen molar-refractivity contribution in [1.29, 1.82) is 0 Å². The quantitative estimate of drug-likeness (QED) is 0.805. The Morgan fingerprint density at radius 1 is 1.29 bits per heavy atom. The van der Waals surface area contributed by atoms with Crippen LogP contribution < -0.4 is 4.74 Å². The van der Waals surface area contributed by atoms with Crippen molar-refractivity contribution in [2.45, 2.75) is 38.4 Å². The Bertz CT molecular complexity index is 421. The zero-order valence-corrected chi connectivity index (χ0v) is 13.0. The second-order valence-corrected chi connectivity index (χ2v) is 6.26. The van der Waals surface area contributed by atoms with Gasteiger partial charge in [-0.1, -0.05) is 24.1 Å². The van der Waals surface area contributed by atoms with Crippen LogP contribution in [0.3, 0.4) is 0 Å². The smallest absolute Gasteiger partial charge is 0.119 e. The molecule has 0 radical (unpaired) electrons. The maximum atomic E-state index is 10.0. The van der Waals surface area contributed by atoms with Crippen LogP contribution in [0, 0.1) is 12.8 Å². The fraction of sp³-hybridized carbons (Fsp3) is 0.647. The third-order valence-corrected chi connectivity index (χ3v) is 4.15. The molecular weight excluding hydrogens is 266 g/mol. The number of likely N-dealkylation sites (N-methyl/N-ethyl adjacent to an activating group) is 1. The van der Waals surface area contributed by atoms with Crippen LogP contribution in [0.4, 0.5) is 0 Å². The van der Waals surface area contributed by atoms with Gasteiger partial charge in [-0.3, -0.25) is 0 Å². The lowest BCUT2D eigenvalue weighted by Crippen LogP contribution is -2.37. The molecule has 0 aromatic heterocycles. The highest BCUT2D eigenvalue weighted by atomic mass is 16.5. The number of aliphatic hydroxyl groups is 2. The van der Waals surface area contributed by atoms with Gasteiger partial charge in [0, 0.05) is 13.1 Å². The van der Waals surface area contributed by atoms with E-state index >= 15 is 0 Å². The van der Waals surface area contributed by atoms with Gasteiger partial charge in [0.15, 0.2) is 0 Å². The highest BCUT2D eigenvalue weighted by Gasteiger charge is 2.26. The number of aliphatic hydroxyl groups excluding tert-OH is 2. The number of ether oxygens (including phenoxy) is 1. The third kappa shape index (κ3) is 5.30. The first-order chi connectivity index (χ1) is 10.0. The van der Waals surface area contributed by atoms with Crippen LogP contribution >= 0.6 is 0 Å². The van der Waals surface area contributed by atoms with Crippen LogP contribution in [-0.2, 0) is 0 Å². The summed E-state index contributed by atoms with van der Waals surface area (Å²) in [7, 11) is 1.99. The highest BCUT2D eigenvalue weighted by Crippen LogP contribution is 2.25. The molecule has 2 rings (SSSR count). The second-order valence-electron chi connectivity index (χ2n) is 6.26. The first kappa shape index (κ1) is 16.3. The summed E-state index contributed by atoms with van der Waals surface area (Å²) in [5, 5.41) is 19.9. The lowest BCUT2D eigenvalue weighted by Gasteiger charge is -2.25. The van der Waals surface area contributed by atoms with Gasteiger partial charge in [0.2, 0.25) is 0 Å². The van der Waals surface area contributed by atoms with Gasteiger partial charge in [-0.15, -0.1) is 0 Å². The molecule has 4 heteroatoms. The van der Waals surface area contributed by atoms with Gasteiger partial charge in [0.25, 0.3) is 0 Å². The van der Waals surface area contributed by atoms with Crippen LogP contribution in [0.25, 0.3) is 0 Å². The van der Waals surface area contributed by atoms with Gasteiger partial charge < -0.3 is 19.8 Å². The molecule has 0 aliphatic heterocycles. The molecule has 3 atom stereocenters. The second kappa shape index (κ2) is 7.78. The number of rotatable bonds is 7. The summed E-state index contributed by atoms with van der Waals surface area (Å²) in [5.41, 5.74) is 1.19.